The van der Waals surface area contributed by atoms with Crippen LogP contribution in [0.4, 0.5) is 21.7 Å². The number of unbranched alkanes of at least 4 members (excludes halogenated alkanes) is 2. The van der Waals surface area contributed by atoms with Gasteiger partial charge in [0, 0.05) is 26.2 Å². The van der Waals surface area contributed by atoms with Gasteiger partial charge in [0.25, 0.3) is 5.91 Å². The Morgan fingerprint density at radius 3 is 2.62 bits per heavy atom. The first kappa shape index (κ1) is 19.6. The third-order valence-electron chi connectivity index (χ3n) is 3.78. The molecule has 1 heterocycles. The maximum Gasteiger partial charge on any atom is 0.256 e. The Morgan fingerprint density at radius 1 is 1.15 bits per heavy atom. The second-order valence-electron chi connectivity index (χ2n) is 6.10. The van der Waals surface area contributed by atoms with Gasteiger partial charge in [0.05, 0.1) is 5.69 Å². The van der Waals surface area contributed by atoms with Gasteiger partial charge in [0.1, 0.15) is 5.82 Å². The largest absolute Gasteiger partial charge is 0.383 e. The normalized spacial score (nSPS) is 10.5. The van der Waals surface area contributed by atoms with Crippen LogP contribution in [0.2, 0.25) is 0 Å². The van der Waals surface area contributed by atoms with Crippen molar-refractivity contribution >= 4 is 23.2 Å². The van der Waals surface area contributed by atoms with E-state index in [-0.39, 0.29) is 5.91 Å². The fraction of sp³-hybridized carbons (Fsp3) is 0.389. The average Bonchev–Trinajstić information content (AvgIpc) is 2.63. The summed E-state index contributed by atoms with van der Waals surface area (Å²) in [5.41, 5.74) is 6.10. The molecule has 0 unspecified atom stereocenters. The van der Waals surface area contributed by atoms with Crippen molar-refractivity contribution in [1.29, 1.82) is 0 Å². The van der Waals surface area contributed by atoms with Gasteiger partial charge < -0.3 is 21.3 Å². The molecule has 8 heteroatoms. The van der Waals surface area contributed by atoms with E-state index >= 15 is 0 Å². The van der Waals surface area contributed by atoms with E-state index in [1.807, 2.05) is 19.0 Å². The number of aromatic nitrogens is 2. The molecule has 1 aromatic carbocycles. The van der Waals surface area contributed by atoms with Gasteiger partial charge in [-0.25, -0.2) is 4.39 Å². The Balaban J connectivity index is 1.98. The van der Waals surface area contributed by atoms with E-state index in [4.69, 9.17) is 5.73 Å². The van der Waals surface area contributed by atoms with Crippen molar-refractivity contribution < 1.29 is 9.18 Å². The number of carbonyl (C=O) groups excluding carboxylic acids is 1. The van der Waals surface area contributed by atoms with Crippen molar-refractivity contribution in [2.75, 3.05) is 42.7 Å². The molecule has 7 nitrogen and oxygen atoms in total. The van der Waals surface area contributed by atoms with E-state index in [0.29, 0.717) is 36.0 Å². The van der Waals surface area contributed by atoms with Crippen molar-refractivity contribution in [3.63, 3.8) is 0 Å². The molecule has 0 fully saturated rings. The minimum Gasteiger partial charge on any atom is -0.383 e. The average molecular weight is 360 g/mol. The van der Waals surface area contributed by atoms with Crippen LogP contribution >= 0.6 is 0 Å². The summed E-state index contributed by atoms with van der Waals surface area (Å²) in [5.74, 6) is 0.255. The number of nitrogens with zero attached hydrogens (tertiary/aromatic N) is 3. The predicted molar refractivity (Wildman–Crippen MR) is 102 cm³/mol. The van der Waals surface area contributed by atoms with Gasteiger partial charge in [-0.3, -0.25) is 4.79 Å². The van der Waals surface area contributed by atoms with Crippen LogP contribution in [-0.2, 0) is 0 Å². The van der Waals surface area contributed by atoms with Crippen molar-refractivity contribution in [1.82, 2.24) is 10.2 Å². The summed E-state index contributed by atoms with van der Waals surface area (Å²) in [5, 5.41) is 13.6. The van der Waals surface area contributed by atoms with Crippen molar-refractivity contribution in [2.24, 2.45) is 5.73 Å². The standard InChI is InChI=1S/C18H25FN6O/c1-25(2)17-9-8-16(23-24-17)22-18(26)13-6-7-14(19)15(12-13)21-11-5-3-4-10-20/h6-9,12,21H,3-5,10-11,20H2,1-2H3,(H,22,23,26). The summed E-state index contributed by atoms with van der Waals surface area (Å²) >= 11 is 0. The number of rotatable bonds is 9. The number of halogens is 1. The number of nitrogens with two attached hydrogens (primary N) is 1. The van der Waals surface area contributed by atoms with Crippen LogP contribution in [0.1, 0.15) is 29.6 Å². The van der Waals surface area contributed by atoms with Crippen LogP contribution in [0.5, 0.6) is 0 Å². The van der Waals surface area contributed by atoms with Gasteiger partial charge in [-0.15, -0.1) is 10.2 Å². The molecule has 0 spiro atoms. The van der Waals surface area contributed by atoms with Crippen molar-refractivity contribution in [3.05, 3.63) is 41.7 Å². The van der Waals surface area contributed by atoms with Crippen LogP contribution < -0.4 is 21.3 Å². The molecule has 2 aromatic rings. The van der Waals surface area contributed by atoms with Crippen LogP contribution in [0, 0.1) is 5.82 Å². The zero-order chi connectivity index (χ0) is 18.9. The van der Waals surface area contributed by atoms with Gasteiger partial charge in [-0.05, 0) is 49.7 Å². The topological polar surface area (TPSA) is 96.2 Å². The first-order valence-electron chi connectivity index (χ1n) is 8.57. The highest BCUT2D eigenvalue weighted by Gasteiger charge is 2.11. The summed E-state index contributed by atoms with van der Waals surface area (Å²) in [6.45, 7) is 1.28. The molecule has 2 rings (SSSR count). The Labute approximate surface area is 152 Å². The molecule has 0 aliphatic carbocycles. The zero-order valence-corrected chi connectivity index (χ0v) is 15.1. The Bertz CT molecular complexity index is 720. The molecule has 4 N–H and O–H groups in total. The summed E-state index contributed by atoms with van der Waals surface area (Å²) in [7, 11) is 3.71. The van der Waals surface area contributed by atoms with Crippen LogP contribution in [0.3, 0.4) is 0 Å². The minimum atomic E-state index is -0.393. The number of carbonyl (C=O) groups is 1. The summed E-state index contributed by atoms with van der Waals surface area (Å²) in [6, 6.07) is 7.63. The molecule has 1 aromatic heterocycles. The smallest absolute Gasteiger partial charge is 0.256 e. The molecule has 0 atom stereocenters. The molecule has 140 valence electrons. The van der Waals surface area contributed by atoms with E-state index in [9.17, 15) is 9.18 Å². The fourth-order valence-corrected chi connectivity index (χ4v) is 2.29. The molecule has 0 bridgehead atoms. The third kappa shape index (κ3) is 5.66. The number of hydrogen-bond donors (Lipinski definition) is 3. The Hall–Kier alpha value is -2.74. The first-order chi connectivity index (χ1) is 12.5. The molecule has 0 radical (unpaired) electrons. The van der Waals surface area contributed by atoms with Crippen LogP contribution in [-0.4, -0.2) is 43.3 Å². The van der Waals surface area contributed by atoms with E-state index in [1.54, 1.807) is 12.1 Å². The second-order valence-corrected chi connectivity index (χ2v) is 6.10. The lowest BCUT2D eigenvalue weighted by Gasteiger charge is -2.11. The minimum absolute atomic E-state index is 0.305. The molecule has 0 saturated heterocycles. The van der Waals surface area contributed by atoms with E-state index in [2.05, 4.69) is 20.8 Å². The van der Waals surface area contributed by atoms with E-state index in [0.717, 1.165) is 19.3 Å². The van der Waals surface area contributed by atoms with E-state index < -0.39 is 5.82 Å². The maximum absolute atomic E-state index is 13.9. The van der Waals surface area contributed by atoms with Gasteiger partial charge >= 0.3 is 0 Å². The SMILES string of the molecule is CN(C)c1ccc(NC(=O)c2ccc(F)c(NCCCCCN)c2)nn1. The van der Waals surface area contributed by atoms with Gasteiger partial charge in [0.15, 0.2) is 11.6 Å². The molecule has 0 saturated carbocycles. The molecular weight excluding hydrogens is 335 g/mol. The lowest BCUT2D eigenvalue weighted by molar-refractivity contribution is 0.102. The number of nitrogens with one attached hydrogen (secondary N) is 2. The number of hydrogen-bond acceptors (Lipinski definition) is 6. The van der Waals surface area contributed by atoms with Gasteiger partial charge in [0.2, 0.25) is 0 Å². The third-order valence-corrected chi connectivity index (χ3v) is 3.78. The number of benzene rings is 1. The number of anilines is 3. The van der Waals surface area contributed by atoms with Gasteiger partial charge in [-0.2, -0.15) is 0 Å². The van der Waals surface area contributed by atoms with Crippen LogP contribution in [0.25, 0.3) is 0 Å². The first-order valence-corrected chi connectivity index (χ1v) is 8.57. The molecular formula is C18H25FN6O. The maximum atomic E-state index is 13.9. The number of amides is 1. The lowest BCUT2D eigenvalue weighted by Crippen LogP contribution is -2.16. The van der Waals surface area contributed by atoms with Gasteiger partial charge in [-0.1, -0.05) is 6.42 Å². The highest BCUT2D eigenvalue weighted by molar-refractivity contribution is 6.04. The van der Waals surface area contributed by atoms with Crippen LogP contribution in [0.15, 0.2) is 30.3 Å². The second kappa shape index (κ2) is 9.67. The Morgan fingerprint density at radius 2 is 1.96 bits per heavy atom. The van der Waals surface area contributed by atoms with E-state index in [1.165, 1.54) is 18.2 Å². The summed E-state index contributed by atoms with van der Waals surface area (Å²) in [4.78, 5) is 14.2. The molecule has 26 heavy (non-hydrogen) atoms. The van der Waals surface area contributed by atoms with Crippen molar-refractivity contribution in [2.45, 2.75) is 19.3 Å². The monoisotopic (exact) mass is 360 g/mol. The molecule has 0 aliphatic rings. The quantitative estimate of drug-likeness (QED) is 0.595. The molecule has 0 aliphatic heterocycles. The fourth-order valence-electron chi connectivity index (χ4n) is 2.29. The molecule has 1 amide bonds. The highest BCUT2D eigenvalue weighted by atomic mass is 19.1. The highest BCUT2D eigenvalue weighted by Crippen LogP contribution is 2.18. The predicted octanol–water partition coefficient (Wildman–Crippen LogP) is 2.47. The lowest BCUT2D eigenvalue weighted by atomic mass is 10.1. The summed E-state index contributed by atoms with van der Waals surface area (Å²) in [6.07, 6.45) is 2.81. The zero-order valence-electron chi connectivity index (χ0n) is 15.1. The van der Waals surface area contributed by atoms with Crippen molar-refractivity contribution in [3.8, 4) is 0 Å². The summed E-state index contributed by atoms with van der Waals surface area (Å²) < 4.78 is 13.9. The Kier molecular flexibility index (Phi) is 7.28.